The Bertz CT molecular complexity index is 705. The van der Waals surface area contributed by atoms with Crippen molar-refractivity contribution < 1.29 is 9.53 Å². The molecule has 0 fully saturated rings. The largest absolute Gasteiger partial charge is 0.495 e. The summed E-state index contributed by atoms with van der Waals surface area (Å²) in [6.45, 7) is 1.94. The van der Waals surface area contributed by atoms with E-state index in [1.54, 1.807) is 24.3 Å². The standard InChI is InChI=1S/C16H15N3O2/c1-11-5-3-7-13(9-11)18-16(20)19-15-12(10-17)6-4-8-14(15)21-2/h3-9H,1-2H3,(H2,18,19,20). The summed E-state index contributed by atoms with van der Waals surface area (Å²) in [6, 6.07) is 14.0. The molecule has 0 bridgehead atoms. The highest BCUT2D eigenvalue weighted by atomic mass is 16.5. The molecule has 0 unspecified atom stereocenters. The Morgan fingerprint density at radius 1 is 1.19 bits per heavy atom. The van der Waals surface area contributed by atoms with Crippen LogP contribution in [0.1, 0.15) is 11.1 Å². The Hall–Kier alpha value is -3.00. The molecule has 0 saturated heterocycles. The molecule has 106 valence electrons. The maximum absolute atomic E-state index is 12.0. The third-order valence-corrected chi connectivity index (χ3v) is 2.88. The van der Waals surface area contributed by atoms with E-state index in [0.29, 0.717) is 22.7 Å². The number of amides is 2. The summed E-state index contributed by atoms with van der Waals surface area (Å²) in [5, 5.41) is 14.5. The lowest BCUT2D eigenvalue weighted by Crippen LogP contribution is -2.20. The summed E-state index contributed by atoms with van der Waals surface area (Å²) in [4.78, 5) is 12.0. The molecular weight excluding hydrogens is 266 g/mol. The first kappa shape index (κ1) is 14.4. The predicted molar refractivity (Wildman–Crippen MR) is 81.5 cm³/mol. The lowest BCUT2D eigenvalue weighted by atomic mass is 10.2. The number of hydrogen-bond acceptors (Lipinski definition) is 3. The summed E-state index contributed by atoms with van der Waals surface area (Å²) < 4.78 is 5.16. The van der Waals surface area contributed by atoms with Crippen LogP contribution in [0.2, 0.25) is 0 Å². The fourth-order valence-corrected chi connectivity index (χ4v) is 1.92. The number of ether oxygens (including phenoxy) is 1. The second-order valence-corrected chi connectivity index (χ2v) is 4.44. The molecule has 5 heteroatoms. The van der Waals surface area contributed by atoms with Gasteiger partial charge in [-0.3, -0.25) is 0 Å². The van der Waals surface area contributed by atoms with Gasteiger partial charge in [-0.15, -0.1) is 0 Å². The van der Waals surface area contributed by atoms with Gasteiger partial charge in [0.1, 0.15) is 17.5 Å². The van der Waals surface area contributed by atoms with Crippen LogP contribution < -0.4 is 15.4 Å². The predicted octanol–water partition coefficient (Wildman–Crippen LogP) is 3.52. The third-order valence-electron chi connectivity index (χ3n) is 2.88. The van der Waals surface area contributed by atoms with E-state index in [1.807, 2.05) is 31.2 Å². The Balaban J connectivity index is 2.18. The number of rotatable bonds is 3. The van der Waals surface area contributed by atoms with Crippen LogP contribution in [-0.4, -0.2) is 13.1 Å². The lowest BCUT2D eigenvalue weighted by molar-refractivity contribution is 0.262. The average Bonchev–Trinajstić information content (AvgIpc) is 2.47. The van der Waals surface area contributed by atoms with Crippen molar-refractivity contribution in [3.8, 4) is 11.8 Å². The number of para-hydroxylation sites is 1. The van der Waals surface area contributed by atoms with Crippen LogP contribution in [0.4, 0.5) is 16.2 Å². The molecule has 2 aromatic rings. The molecule has 0 radical (unpaired) electrons. The lowest BCUT2D eigenvalue weighted by Gasteiger charge is -2.12. The molecule has 0 spiro atoms. The summed E-state index contributed by atoms with van der Waals surface area (Å²) in [6.07, 6.45) is 0. The van der Waals surface area contributed by atoms with Crippen LogP contribution in [-0.2, 0) is 0 Å². The number of nitrogens with one attached hydrogen (secondary N) is 2. The van der Waals surface area contributed by atoms with E-state index < -0.39 is 6.03 Å². The highest BCUT2D eigenvalue weighted by Crippen LogP contribution is 2.27. The first-order valence-electron chi connectivity index (χ1n) is 6.36. The van der Waals surface area contributed by atoms with Crippen molar-refractivity contribution in [1.29, 1.82) is 5.26 Å². The van der Waals surface area contributed by atoms with Crippen molar-refractivity contribution >= 4 is 17.4 Å². The van der Waals surface area contributed by atoms with Gasteiger partial charge in [-0.2, -0.15) is 5.26 Å². The van der Waals surface area contributed by atoms with E-state index >= 15 is 0 Å². The van der Waals surface area contributed by atoms with Gasteiger partial charge >= 0.3 is 6.03 Å². The second-order valence-electron chi connectivity index (χ2n) is 4.44. The Morgan fingerprint density at radius 2 is 1.95 bits per heavy atom. The van der Waals surface area contributed by atoms with E-state index in [0.717, 1.165) is 5.56 Å². The molecule has 0 atom stereocenters. The van der Waals surface area contributed by atoms with Gasteiger partial charge in [0.25, 0.3) is 0 Å². The summed E-state index contributed by atoms with van der Waals surface area (Å²) in [7, 11) is 1.49. The molecule has 2 aromatic carbocycles. The van der Waals surface area contributed by atoms with Gasteiger partial charge in [0.15, 0.2) is 0 Å². The van der Waals surface area contributed by atoms with E-state index in [2.05, 4.69) is 10.6 Å². The zero-order chi connectivity index (χ0) is 15.2. The minimum Gasteiger partial charge on any atom is -0.495 e. The Kier molecular flexibility index (Phi) is 4.42. The minimum atomic E-state index is -0.429. The van der Waals surface area contributed by atoms with Crippen molar-refractivity contribution in [1.82, 2.24) is 0 Å². The van der Waals surface area contributed by atoms with Gasteiger partial charge in [0, 0.05) is 5.69 Å². The Labute approximate surface area is 123 Å². The topological polar surface area (TPSA) is 74.1 Å². The van der Waals surface area contributed by atoms with Gasteiger partial charge in [0.2, 0.25) is 0 Å². The molecular formula is C16H15N3O2. The molecule has 0 heterocycles. The van der Waals surface area contributed by atoms with Gasteiger partial charge < -0.3 is 15.4 Å². The number of urea groups is 1. The molecule has 2 N–H and O–H groups in total. The number of carbonyl (C=O) groups excluding carboxylic acids is 1. The van der Waals surface area contributed by atoms with Crippen molar-refractivity contribution in [2.24, 2.45) is 0 Å². The molecule has 0 aliphatic heterocycles. The van der Waals surface area contributed by atoms with Gasteiger partial charge in [-0.05, 0) is 36.8 Å². The number of methoxy groups -OCH3 is 1. The second kappa shape index (κ2) is 6.44. The maximum Gasteiger partial charge on any atom is 0.323 e. The zero-order valence-corrected chi connectivity index (χ0v) is 11.8. The average molecular weight is 281 g/mol. The van der Waals surface area contributed by atoms with Crippen molar-refractivity contribution in [2.45, 2.75) is 6.92 Å². The number of nitriles is 1. The van der Waals surface area contributed by atoms with Crippen molar-refractivity contribution in [3.05, 3.63) is 53.6 Å². The van der Waals surface area contributed by atoms with Crippen LogP contribution in [0.5, 0.6) is 5.75 Å². The highest BCUT2D eigenvalue weighted by Gasteiger charge is 2.12. The monoisotopic (exact) mass is 281 g/mol. The fourth-order valence-electron chi connectivity index (χ4n) is 1.92. The third kappa shape index (κ3) is 3.51. The minimum absolute atomic E-state index is 0.341. The van der Waals surface area contributed by atoms with E-state index in [4.69, 9.17) is 10.00 Å². The molecule has 0 aliphatic rings. The normalized spacial score (nSPS) is 9.57. The van der Waals surface area contributed by atoms with Gasteiger partial charge in [-0.1, -0.05) is 18.2 Å². The number of aryl methyl sites for hydroxylation is 1. The molecule has 0 saturated carbocycles. The van der Waals surface area contributed by atoms with Crippen LogP contribution in [0.15, 0.2) is 42.5 Å². The number of hydrogen-bond donors (Lipinski definition) is 2. The Morgan fingerprint density at radius 3 is 2.62 bits per heavy atom. The molecule has 2 amide bonds. The summed E-state index contributed by atoms with van der Waals surface area (Å²) in [5.41, 5.74) is 2.42. The quantitative estimate of drug-likeness (QED) is 0.904. The number of nitrogens with zero attached hydrogens (tertiary/aromatic N) is 1. The number of carbonyl (C=O) groups is 1. The fraction of sp³-hybridized carbons (Fsp3) is 0.125. The van der Waals surface area contributed by atoms with E-state index in [-0.39, 0.29) is 0 Å². The first-order valence-corrected chi connectivity index (χ1v) is 6.36. The highest BCUT2D eigenvalue weighted by molar-refractivity contribution is 6.01. The first-order chi connectivity index (χ1) is 10.1. The van der Waals surface area contributed by atoms with Gasteiger partial charge in [0.05, 0.1) is 12.7 Å². The van der Waals surface area contributed by atoms with E-state index in [9.17, 15) is 4.79 Å². The molecule has 21 heavy (non-hydrogen) atoms. The zero-order valence-electron chi connectivity index (χ0n) is 11.8. The maximum atomic E-state index is 12.0. The van der Waals surface area contributed by atoms with Crippen LogP contribution >= 0.6 is 0 Å². The summed E-state index contributed by atoms with van der Waals surface area (Å²) >= 11 is 0. The summed E-state index contributed by atoms with van der Waals surface area (Å²) in [5.74, 6) is 0.438. The molecule has 0 aromatic heterocycles. The number of anilines is 2. The smallest absolute Gasteiger partial charge is 0.323 e. The van der Waals surface area contributed by atoms with E-state index in [1.165, 1.54) is 7.11 Å². The molecule has 5 nitrogen and oxygen atoms in total. The molecule has 2 rings (SSSR count). The van der Waals surface area contributed by atoms with Crippen LogP contribution in [0.25, 0.3) is 0 Å². The van der Waals surface area contributed by atoms with Crippen LogP contribution in [0.3, 0.4) is 0 Å². The van der Waals surface area contributed by atoms with Gasteiger partial charge in [-0.25, -0.2) is 4.79 Å². The van der Waals surface area contributed by atoms with Crippen LogP contribution in [0, 0.1) is 18.3 Å². The molecule has 0 aliphatic carbocycles. The van der Waals surface area contributed by atoms with Crippen molar-refractivity contribution in [3.63, 3.8) is 0 Å². The number of benzene rings is 2. The SMILES string of the molecule is COc1cccc(C#N)c1NC(=O)Nc1cccc(C)c1. The van der Waals surface area contributed by atoms with Crippen molar-refractivity contribution in [2.75, 3.05) is 17.7 Å².